The Morgan fingerprint density at radius 2 is 1.96 bits per heavy atom. The Morgan fingerprint density at radius 3 is 2.57 bits per heavy atom. The first-order valence-corrected chi connectivity index (χ1v) is 7.73. The van der Waals surface area contributed by atoms with Crippen molar-refractivity contribution in [3.63, 3.8) is 0 Å². The average Bonchev–Trinajstić information content (AvgIpc) is 2.62. The van der Waals surface area contributed by atoms with Gasteiger partial charge in [0.2, 0.25) is 0 Å². The molecule has 1 fully saturated rings. The number of aromatic nitrogens is 1. The molecular weight excluding hydrogens is 294 g/mol. The highest BCUT2D eigenvalue weighted by Gasteiger charge is 2.27. The molecule has 0 bridgehead atoms. The summed E-state index contributed by atoms with van der Waals surface area (Å²) in [5, 5.41) is 10.7. The van der Waals surface area contributed by atoms with E-state index in [2.05, 4.69) is 16.0 Å². The van der Waals surface area contributed by atoms with Crippen LogP contribution in [0.15, 0.2) is 42.6 Å². The summed E-state index contributed by atoms with van der Waals surface area (Å²) >= 11 is 0. The lowest BCUT2D eigenvalue weighted by molar-refractivity contribution is -0.414. The van der Waals surface area contributed by atoms with E-state index in [9.17, 15) is 10.1 Å². The van der Waals surface area contributed by atoms with E-state index in [0.717, 1.165) is 37.5 Å². The highest BCUT2D eigenvalue weighted by Crippen LogP contribution is 2.34. The Morgan fingerprint density at radius 1 is 1.22 bits per heavy atom. The molecule has 0 radical (unpaired) electrons. The monoisotopic (exact) mass is 314 g/mol. The first-order valence-electron chi connectivity index (χ1n) is 7.73. The second-order valence-corrected chi connectivity index (χ2v) is 5.69. The summed E-state index contributed by atoms with van der Waals surface area (Å²) in [4.78, 5) is 15.6. The van der Waals surface area contributed by atoms with Crippen molar-refractivity contribution in [3.05, 3.63) is 58.3 Å². The molecule has 120 valence electrons. The van der Waals surface area contributed by atoms with Crippen LogP contribution in [0.5, 0.6) is 5.75 Å². The number of H-pyrrole nitrogens is 1. The molecule has 1 N–H and O–H groups in total. The molecule has 0 atom stereocenters. The number of nitrogens with one attached hydrogen (secondary N) is 1. The normalized spacial score (nSPS) is 15.4. The largest absolute Gasteiger partial charge is 0.496 e. The van der Waals surface area contributed by atoms with Crippen LogP contribution in [0.3, 0.4) is 0 Å². The fraction of sp³-hybridized carbons (Fsp3) is 0.353. The van der Waals surface area contributed by atoms with Gasteiger partial charge in [-0.1, -0.05) is 18.2 Å². The Balaban J connectivity index is 1.67. The minimum Gasteiger partial charge on any atom is -0.496 e. The first-order chi connectivity index (χ1) is 11.2. The number of anilines is 1. The molecule has 23 heavy (non-hydrogen) atoms. The summed E-state index contributed by atoms with van der Waals surface area (Å²) in [5.74, 6) is 2.36. The predicted molar refractivity (Wildman–Crippen MR) is 86.8 cm³/mol. The first kappa shape index (κ1) is 15.3. The third kappa shape index (κ3) is 3.26. The molecule has 2 aromatic rings. The highest BCUT2D eigenvalue weighted by atomic mass is 16.6. The average molecular weight is 314 g/mol. The summed E-state index contributed by atoms with van der Waals surface area (Å²) in [6.07, 6.45) is 3.51. The highest BCUT2D eigenvalue weighted by molar-refractivity contribution is 5.40. The fourth-order valence-electron chi connectivity index (χ4n) is 3.15. The molecule has 0 spiro atoms. The summed E-state index contributed by atoms with van der Waals surface area (Å²) < 4.78 is 5.46. The molecule has 6 nitrogen and oxygen atoms in total. The standard InChI is InChI=1S/C17H19N3O3/c1-23-16-5-3-2-4-15(16)13-8-10-19(11-9-13)17-7-6-14(12-18-17)20(21)22/h2-7,12-13H,8-11H2,1H3/p+1. The maximum Gasteiger partial charge on any atom is 0.308 e. The molecule has 1 aliphatic heterocycles. The van der Waals surface area contributed by atoms with Gasteiger partial charge in [0.15, 0.2) is 6.20 Å². The van der Waals surface area contributed by atoms with E-state index in [1.165, 1.54) is 17.8 Å². The van der Waals surface area contributed by atoms with Crippen LogP contribution in [-0.4, -0.2) is 25.1 Å². The number of benzene rings is 1. The molecule has 0 unspecified atom stereocenters. The smallest absolute Gasteiger partial charge is 0.308 e. The number of hydrogen-bond donors (Lipinski definition) is 0. The van der Waals surface area contributed by atoms with E-state index in [1.807, 2.05) is 18.2 Å². The van der Waals surface area contributed by atoms with Crippen LogP contribution in [-0.2, 0) is 0 Å². The molecule has 1 aliphatic rings. The number of methoxy groups -OCH3 is 1. The van der Waals surface area contributed by atoms with Gasteiger partial charge in [0.25, 0.3) is 5.82 Å². The summed E-state index contributed by atoms with van der Waals surface area (Å²) in [6.45, 7) is 1.83. The lowest BCUT2D eigenvalue weighted by Gasteiger charge is -2.28. The van der Waals surface area contributed by atoms with Crippen LogP contribution in [0, 0.1) is 10.1 Å². The quantitative estimate of drug-likeness (QED) is 0.643. The second kappa shape index (κ2) is 6.64. The number of nitrogens with zero attached hydrogens (tertiary/aromatic N) is 2. The number of rotatable bonds is 4. The van der Waals surface area contributed by atoms with Crippen LogP contribution < -0.4 is 14.6 Å². The lowest BCUT2D eigenvalue weighted by Crippen LogP contribution is -2.36. The van der Waals surface area contributed by atoms with Gasteiger partial charge in [0.05, 0.1) is 25.1 Å². The van der Waals surface area contributed by atoms with E-state index in [1.54, 1.807) is 13.2 Å². The second-order valence-electron chi connectivity index (χ2n) is 5.69. The van der Waals surface area contributed by atoms with Gasteiger partial charge in [-0.3, -0.25) is 15.0 Å². The van der Waals surface area contributed by atoms with Crippen molar-refractivity contribution in [2.75, 3.05) is 25.1 Å². The zero-order chi connectivity index (χ0) is 16.2. The number of para-hydroxylation sites is 1. The van der Waals surface area contributed by atoms with E-state index in [-0.39, 0.29) is 5.69 Å². The molecule has 3 rings (SSSR count). The van der Waals surface area contributed by atoms with Crippen molar-refractivity contribution < 1.29 is 14.6 Å². The lowest BCUT2D eigenvalue weighted by atomic mass is 9.89. The zero-order valence-electron chi connectivity index (χ0n) is 13.1. The van der Waals surface area contributed by atoms with Gasteiger partial charge in [-0.05, 0) is 30.4 Å². The van der Waals surface area contributed by atoms with Crippen molar-refractivity contribution in [2.24, 2.45) is 0 Å². The zero-order valence-corrected chi connectivity index (χ0v) is 13.1. The van der Waals surface area contributed by atoms with Crippen LogP contribution in [0.2, 0.25) is 0 Å². The van der Waals surface area contributed by atoms with Gasteiger partial charge in [0, 0.05) is 12.1 Å². The minimum absolute atomic E-state index is 0.0812. The summed E-state index contributed by atoms with van der Waals surface area (Å²) in [5.41, 5.74) is 1.35. The fourth-order valence-corrected chi connectivity index (χ4v) is 3.15. The molecule has 6 heteroatoms. The molecule has 1 aromatic heterocycles. The topological polar surface area (TPSA) is 69.8 Å². The van der Waals surface area contributed by atoms with Crippen LogP contribution in [0.1, 0.15) is 24.3 Å². The third-order valence-electron chi connectivity index (χ3n) is 4.41. The van der Waals surface area contributed by atoms with Crippen molar-refractivity contribution in [3.8, 4) is 5.75 Å². The number of aromatic amines is 1. The van der Waals surface area contributed by atoms with Crippen LogP contribution >= 0.6 is 0 Å². The summed E-state index contributed by atoms with van der Waals surface area (Å²) in [7, 11) is 1.71. The maximum atomic E-state index is 10.7. The molecule has 0 amide bonds. The number of pyridine rings is 1. The molecular formula is C17H20N3O3+. The maximum absolute atomic E-state index is 10.7. The van der Waals surface area contributed by atoms with Crippen molar-refractivity contribution in [1.82, 2.24) is 0 Å². The molecule has 0 aliphatic carbocycles. The molecule has 1 saturated heterocycles. The third-order valence-corrected chi connectivity index (χ3v) is 4.41. The summed E-state index contributed by atoms with van der Waals surface area (Å²) in [6, 6.07) is 11.5. The number of hydrogen-bond acceptors (Lipinski definition) is 4. The molecule has 1 aromatic carbocycles. The van der Waals surface area contributed by atoms with Gasteiger partial charge >= 0.3 is 5.69 Å². The van der Waals surface area contributed by atoms with E-state index in [0.29, 0.717) is 5.92 Å². The van der Waals surface area contributed by atoms with Gasteiger partial charge < -0.3 is 4.74 Å². The Bertz CT molecular complexity index is 680. The SMILES string of the molecule is COc1ccccc1C1CCN(c2ccc([N+](=O)[O-])c[nH+]2)CC1. The number of nitro groups is 1. The van der Waals surface area contributed by atoms with Crippen LogP contribution in [0.25, 0.3) is 0 Å². The van der Waals surface area contributed by atoms with Crippen molar-refractivity contribution in [1.29, 1.82) is 0 Å². The predicted octanol–water partition coefficient (Wildman–Crippen LogP) is 2.80. The van der Waals surface area contributed by atoms with E-state index in [4.69, 9.17) is 4.74 Å². The van der Waals surface area contributed by atoms with Crippen molar-refractivity contribution >= 4 is 11.5 Å². The van der Waals surface area contributed by atoms with Crippen LogP contribution in [0.4, 0.5) is 11.5 Å². The van der Waals surface area contributed by atoms with Gasteiger partial charge in [-0.15, -0.1) is 0 Å². The Kier molecular flexibility index (Phi) is 4.41. The van der Waals surface area contributed by atoms with E-state index >= 15 is 0 Å². The van der Waals surface area contributed by atoms with Gasteiger partial charge in [-0.2, -0.15) is 0 Å². The molecule has 0 saturated carbocycles. The van der Waals surface area contributed by atoms with Gasteiger partial charge in [0.1, 0.15) is 5.75 Å². The van der Waals surface area contributed by atoms with E-state index < -0.39 is 4.92 Å². The minimum atomic E-state index is -0.395. The molecule has 2 heterocycles. The number of piperidine rings is 1. The Hall–Kier alpha value is -2.63. The van der Waals surface area contributed by atoms with Gasteiger partial charge in [-0.25, -0.2) is 4.98 Å². The van der Waals surface area contributed by atoms with Crippen molar-refractivity contribution in [2.45, 2.75) is 18.8 Å². The number of ether oxygens (including phenoxy) is 1. The Labute approximate surface area is 134 Å².